The van der Waals surface area contributed by atoms with E-state index < -0.39 is 18.0 Å². The molecule has 0 aromatic heterocycles. The van der Waals surface area contributed by atoms with Crippen LogP contribution in [0.5, 0.6) is 0 Å². The summed E-state index contributed by atoms with van der Waals surface area (Å²) < 4.78 is 16.2. The van der Waals surface area contributed by atoms with Gasteiger partial charge in [-0.05, 0) is 19.3 Å². The Morgan fingerprint density at radius 2 is 1.09 bits per heavy atom. The summed E-state index contributed by atoms with van der Waals surface area (Å²) in [5.41, 5.74) is 0. The summed E-state index contributed by atoms with van der Waals surface area (Å²) in [6, 6.07) is -1.16. The van der Waals surface area contributed by atoms with Crippen LogP contribution in [0.1, 0.15) is 64.2 Å². The van der Waals surface area contributed by atoms with Crippen LogP contribution < -0.4 is 21.3 Å². The Bertz CT molecular complexity index is 833. The summed E-state index contributed by atoms with van der Waals surface area (Å²) in [6.07, 6.45) is 4.85. The molecule has 0 bridgehead atoms. The quantitative estimate of drug-likeness (QED) is 0.0351. The zero-order chi connectivity index (χ0) is 32.1. The van der Waals surface area contributed by atoms with Crippen LogP contribution in [0.3, 0.4) is 0 Å². The number of amides is 4. The molecule has 43 heavy (non-hydrogen) atoms. The van der Waals surface area contributed by atoms with Crippen molar-refractivity contribution in [2.45, 2.75) is 70.3 Å². The van der Waals surface area contributed by atoms with Gasteiger partial charge in [0.2, 0.25) is 23.6 Å². The lowest BCUT2D eigenvalue weighted by Gasteiger charge is -2.14. The fourth-order valence-corrected chi connectivity index (χ4v) is 3.80. The predicted octanol–water partition coefficient (Wildman–Crippen LogP) is 0.375. The molecule has 0 saturated carbocycles. The molecule has 248 valence electrons. The van der Waals surface area contributed by atoms with Crippen LogP contribution in [-0.2, 0) is 43.0 Å². The van der Waals surface area contributed by atoms with Crippen molar-refractivity contribution < 1.29 is 53.2 Å². The molecule has 0 spiro atoms. The lowest BCUT2D eigenvalue weighted by atomic mass is 10.1. The molecule has 0 saturated heterocycles. The third-order valence-electron chi connectivity index (χ3n) is 5.77. The number of carboxylic acid groups (broad SMARTS) is 2. The zero-order valence-corrected chi connectivity index (χ0v) is 26.8. The number of hydrogen-bond acceptors (Lipinski definition) is 9. The second-order valence-corrected chi connectivity index (χ2v) is 10.2. The first-order chi connectivity index (χ1) is 20.6. The summed E-state index contributed by atoms with van der Waals surface area (Å²) in [6.45, 7) is 2.08. The Balaban J connectivity index is 3.73. The maximum Gasteiger partial charge on any atom is 0.326 e. The number of carboxylic acids is 2. The number of halogens is 1. The van der Waals surface area contributed by atoms with E-state index in [1.807, 2.05) is 22.6 Å². The fourth-order valence-electron chi connectivity index (χ4n) is 3.53. The molecule has 0 radical (unpaired) electrons. The lowest BCUT2D eigenvalue weighted by Crippen LogP contribution is -2.41. The van der Waals surface area contributed by atoms with Crippen LogP contribution in [0.2, 0.25) is 0 Å². The van der Waals surface area contributed by atoms with Crippen molar-refractivity contribution >= 4 is 58.2 Å². The van der Waals surface area contributed by atoms with E-state index in [-0.39, 0.29) is 82.3 Å². The molecule has 0 heterocycles. The number of aliphatic carboxylic acids is 2. The van der Waals surface area contributed by atoms with Gasteiger partial charge in [-0.2, -0.15) is 0 Å². The summed E-state index contributed by atoms with van der Waals surface area (Å²) >= 11 is 1.97. The number of unbranched alkanes of at least 4 members (excludes halogenated alkanes) is 5. The first-order valence-corrected chi connectivity index (χ1v) is 16.0. The molecule has 0 aromatic carbocycles. The van der Waals surface area contributed by atoms with Crippen LogP contribution in [-0.4, -0.2) is 116 Å². The first kappa shape index (κ1) is 40.4. The summed E-state index contributed by atoms with van der Waals surface area (Å²) in [5.74, 6) is -3.12. The number of hydrogen-bond donors (Lipinski definition) is 6. The highest BCUT2D eigenvalue weighted by atomic mass is 127. The molecule has 1 unspecified atom stereocenters. The van der Waals surface area contributed by atoms with E-state index in [4.69, 9.17) is 19.3 Å². The van der Waals surface area contributed by atoms with Gasteiger partial charge in [0.15, 0.2) is 0 Å². The summed E-state index contributed by atoms with van der Waals surface area (Å²) in [4.78, 5) is 68.8. The highest BCUT2D eigenvalue weighted by molar-refractivity contribution is 14.1. The van der Waals surface area contributed by atoms with Crippen LogP contribution >= 0.6 is 22.6 Å². The molecule has 0 aliphatic carbocycles. The molecule has 6 N–H and O–H groups in total. The van der Waals surface area contributed by atoms with Gasteiger partial charge in [0.1, 0.15) is 12.6 Å². The normalized spacial score (nSPS) is 11.4. The molecule has 0 aromatic rings. The lowest BCUT2D eigenvalue weighted by molar-refractivity contribution is -0.142. The monoisotopic (exact) mass is 730 g/mol. The third-order valence-corrected chi connectivity index (χ3v) is 6.46. The molecule has 4 amide bonds. The van der Waals surface area contributed by atoms with Crippen molar-refractivity contribution in [1.82, 2.24) is 21.3 Å². The first-order valence-electron chi connectivity index (χ1n) is 14.5. The van der Waals surface area contributed by atoms with E-state index in [1.165, 1.54) is 0 Å². The van der Waals surface area contributed by atoms with Gasteiger partial charge in [-0.15, -0.1) is 0 Å². The van der Waals surface area contributed by atoms with Crippen molar-refractivity contribution in [3.8, 4) is 0 Å². The van der Waals surface area contributed by atoms with E-state index >= 15 is 0 Å². The van der Waals surface area contributed by atoms with Gasteiger partial charge in [0.05, 0.1) is 37.5 Å². The molecular formula is C27H47IN4O11. The van der Waals surface area contributed by atoms with Gasteiger partial charge >= 0.3 is 11.9 Å². The van der Waals surface area contributed by atoms with Crippen LogP contribution in [0.4, 0.5) is 0 Å². The number of carbonyl (C=O) groups is 6. The maximum absolute atomic E-state index is 12.1. The van der Waals surface area contributed by atoms with Gasteiger partial charge in [-0.25, -0.2) is 4.79 Å². The van der Waals surface area contributed by atoms with Crippen molar-refractivity contribution in [3.05, 3.63) is 0 Å². The highest BCUT2D eigenvalue weighted by Crippen LogP contribution is 2.09. The second kappa shape index (κ2) is 28.2. The van der Waals surface area contributed by atoms with Crippen LogP contribution in [0, 0.1) is 0 Å². The van der Waals surface area contributed by atoms with Gasteiger partial charge in [0, 0.05) is 38.9 Å². The van der Waals surface area contributed by atoms with Crippen molar-refractivity contribution in [3.63, 3.8) is 0 Å². The Kier molecular flexibility index (Phi) is 26.5. The van der Waals surface area contributed by atoms with Gasteiger partial charge in [-0.3, -0.25) is 24.0 Å². The average Bonchev–Trinajstić information content (AvgIpc) is 2.96. The maximum atomic E-state index is 12.1. The molecule has 1 atom stereocenters. The van der Waals surface area contributed by atoms with Crippen LogP contribution in [0.25, 0.3) is 0 Å². The average molecular weight is 731 g/mol. The highest BCUT2D eigenvalue weighted by Gasteiger charge is 2.20. The number of alkyl halides is 1. The van der Waals surface area contributed by atoms with E-state index in [0.29, 0.717) is 43.6 Å². The zero-order valence-electron chi connectivity index (χ0n) is 24.7. The smallest absolute Gasteiger partial charge is 0.326 e. The van der Waals surface area contributed by atoms with E-state index in [0.717, 1.165) is 25.7 Å². The Labute approximate surface area is 266 Å². The SMILES string of the molecule is O=C(O)CCCCCCCCC(=O)NC(CCC(=O)NCCOCCOCC(=O)NCCOCCNC(=O)CI)C(=O)O. The summed E-state index contributed by atoms with van der Waals surface area (Å²) in [7, 11) is 0. The predicted molar refractivity (Wildman–Crippen MR) is 164 cm³/mol. The van der Waals surface area contributed by atoms with Gasteiger partial charge in [-0.1, -0.05) is 48.3 Å². The molecule has 0 fully saturated rings. The Hall–Kier alpha value is -2.57. The second-order valence-electron chi connectivity index (χ2n) is 9.47. The molecule has 16 heteroatoms. The minimum atomic E-state index is -1.21. The van der Waals surface area contributed by atoms with Crippen LogP contribution in [0.15, 0.2) is 0 Å². The molecular weight excluding hydrogens is 683 g/mol. The molecule has 0 aliphatic rings. The number of nitrogens with one attached hydrogen (secondary N) is 4. The number of ether oxygens (including phenoxy) is 3. The minimum absolute atomic E-state index is 0.0453. The molecule has 0 aliphatic heterocycles. The number of rotatable bonds is 29. The van der Waals surface area contributed by atoms with E-state index in [1.54, 1.807) is 0 Å². The van der Waals surface area contributed by atoms with Crippen molar-refractivity contribution in [2.24, 2.45) is 0 Å². The molecule has 15 nitrogen and oxygen atoms in total. The Morgan fingerprint density at radius 3 is 1.67 bits per heavy atom. The standard InChI is InChI=1S/C27H47IN4O11/c28-19-24(35)30-12-14-41-15-13-31-25(36)20-43-18-17-42-16-11-29-22(33)10-9-21(27(39)40)32-23(34)7-5-3-1-2-4-6-8-26(37)38/h21H,1-20H2,(H,29,33)(H,30,35)(H,31,36)(H,32,34)(H,37,38)(H,39,40). The number of carbonyl (C=O) groups excluding carboxylic acids is 4. The largest absolute Gasteiger partial charge is 0.481 e. The molecule has 0 rings (SSSR count). The minimum Gasteiger partial charge on any atom is -0.481 e. The van der Waals surface area contributed by atoms with E-state index in [9.17, 15) is 33.9 Å². The third kappa shape index (κ3) is 28.0. The fraction of sp³-hybridized carbons (Fsp3) is 0.778. The van der Waals surface area contributed by atoms with Crippen molar-refractivity contribution in [2.75, 3.05) is 63.7 Å². The van der Waals surface area contributed by atoms with Crippen molar-refractivity contribution in [1.29, 1.82) is 0 Å². The Morgan fingerprint density at radius 1 is 0.581 bits per heavy atom. The van der Waals surface area contributed by atoms with Gasteiger partial charge < -0.3 is 45.7 Å². The summed E-state index contributed by atoms with van der Waals surface area (Å²) in [5, 5.41) is 28.3. The van der Waals surface area contributed by atoms with Gasteiger partial charge in [0.25, 0.3) is 0 Å². The topological polar surface area (TPSA) is 219 Å². The van der Waals surface area contributed by atoms with E-state index in [2.05, 4.69) is 21.3 Å².